The van der Waals surface area contributed by atoms with Gasteiger partial charge < -0.3 is 9.73 Å². The van der Waals surface area contributed by atoms with Gasteiger partial charge in [0.15, 0.2) is 0 Å². The van der Waals surface area contributed by atoms with E-state index in [2.05, 4.69) is 26.4 Å². The minimum Gasteiger partial charge on any atom is -0.411 e. The summed E-state index contributed by atoms with van der Waals surface area (Å²) in [5.41, 5.74) is 6.81. The Morgan fingerprint density at radius 2 is 1.73 bits per heavy atom. The first-order chi connectivity index (χ1) is 14.5. The molecule has 0 saturated heterocycles. The maximum atomic E-state index is 11.9. The third-order valence-corrected chi connectivity index (χ3v) is 4.53. The van der Waals surface area contributed by atoms with Crippen LogP contribution in [0.1, 0.15) is 12.5 Å². The molecule has 0 aliphatic rings. The van der Waals surface area contributed by atoms with Crippen molar-refractivity contribution in [2.75, 3.05) is 11.1 Å². The van der Waals surface area contributed by atoms with Crippen molar-refractivity contribution in [2.45, 2.75) is 18.6 Å². The standard InChI is InChI=1S/C20H19N5O4S/c1-13(26)21-16-9-5-8-15(11-16)19-24-25-20(29-19)30-12-18(28)23-22-17(27)10-14-6-3-2-4-7-14/h2-9,11H,10,12H2,1H3,(H,21,26)(H,22,27)(H,23,28). The van der Waals surface area contributed by atoms with Crippen molar-refractivity contribution in [1.29, 1.82) is 0 Å². The van der Waals surface area contributed by atoms with E-state index in [1.165, 1.54) is 6.92 Å². The maximum Gasteiger partial charge on any atom is 0.277 e. The molecule has 0 fully saturated rings. The lowest BCUT2D eigenvalue weighted by molar-refractivity contribution is -0.127. The molecule has 0 unspecified atom stereocenters. The first-order valence-corrected chi connectivity index (χ1v) is 9.94. The number of hydrazine groups is 1. The minimum absolute atomic E-state index is 0.0147. The third-order valence-electron chi connectivity index (χ3n) is 3.71. The van der Waals surface area contributed by atoms with E-state index in [1.54, 1.807) is 24.3 Å². The number of aromatic nitrogens is 2. The molecule has 0 bridgehead atoms. The molecule has 0 aliphatic heterocycles. The number of nitrogens with one attached hydrogen (secondary N) is 3. The largest absolute Gasteiger partial charge is 0.411 e. The normalized spacial score (nSPS) is 10.3. The Hall–Kier alpha value is -3.66. The van der Waals surface area contributed by atoms with Crippen LogP contribution in [0.15, 0.2) is 64.2 Å². The Kier molecular flexibility index (Phi) is 7.17. The van der Waals surface area contributed by atoms with Crippen LogP contribution in [0.5, 0.6) is 0 Å². The molecular formula is C20H19N5O4S. The zero-order chi connectivity index (χ0) is 21.3. The van der Waals surface area contributed by atoms with Gasteiger partial charge in [-0.25, -0.2) is 0 Å². The summed E-state index contributed by atoms with van der Waals surface area (Å²) in [7, 11) is 0. The second kappa shape index (κ2) is 10.2. The molecule has 9 nitrogen and oxygen atoms in total. The lowest BCUT2D eigenvalue weighted by Crippen LogP contribution is -2.43. The van der Waals surface area contributed by atoms with Gasteiger partial charge >= 0.3 is 0 Å². The van der Waals surface area contributed by atoms with E-state index in [0.717, 1.165) is 17.3 Å². The van der Waals surface area contributed by atoms with Crippen LogP contribution in [0.2, 0.25) is 0 Å². The number of nitrogens with zero attached hydrogens (tertiary/aromatic N) is 2. The van der Waals surface area contributed by atoms with Crippen LogP contribution >= 0.6 is 11.8 Å². The van der Waals surface area contributed by atoms with E-state index < -0.39 is 5.91 Å². The first-order valence-electron chi connectivity index (χ1n) is 8.95. The predicted octanol–water partition coefficient (Wildman–Crippen LogP) is 2.18. The van der Waals surface area contributed by atoms with Crippen molar-refractivity contribution in [2.24, 2.45) is 0 Å². The molecule has 0 saturated carbocycles. The fourth-order valence-corrected chi connectivity index (χ4v) is 3.01. The topological polar surface area (TPSA) is 126 Å². The Morgan fingerprint density at radius 1 is 0.967 bits per heavy atom. The lowest BCUT2D eigenvalue weighted by atomic mass is 10.1. The van der Waals surface area contributed by atoms with E-state index in [-0.39, 0.29) is 35.1 Å². The molecule has 0 aliphatic carbocycles. The first kappa shape index (κ1) is 21.1. The summed E-state index contributed by atoms with van der Waals surface area (Å²) in [5.74, 6) is -0.663. The number of carbonyl (C=O) groups excluding carboxylic acids is 3. The summed E-state index contributed by atoms with van der Waals surface area (Å²) in [6.45, 7) is 1.42. The summed E-state index contributed by atoms with van der Waals surface area (Å²) in [6, 6.07) is 16.2. The maximum absolute atomic E-state index is 11.9. The number of thioether (sulfide) groups is 1. The van der Waals surface area contributed by atoms with E-state index in [9.17, 15) is 14.4 Å². The molecule has 1 heterocycles. The van der Waals surface area contributed by atoms with Crippen molar-refractivity contribution in [1.82, 2.24) is 21.0 Å². The quantitative estimate of drug-likeness (QED) is 0.391. The van der Waals surface area contributed by atoms with Crippen molar-refractivity contribution in [3.63, 3.8) is 0 Å². The van der Waals surface area contributed by atoms with E-state index in [4.69, 9.17) is 4.42 Å². The van der Waals surface area contributed by atoms with Gasteiger partial charge in [-0.1, -0.05) is 48.2 Å². The van der Waals surface area contributed by atoms with Crippen LogP contribution in [0.4, 0.5) is 5.69 Å². The van der Waals surface area contributed by atoms with Crippen LogP contribution in [0.3, 0.4) is 0 Å². The number of amides is 3. The van der Waals surface area contributed by atoms with Crippen LogP contribution in [0.25, 0.3) is 11.5 Å². The van der Waals surface area contributed by atoms with Crippen LogP contribution in [0, 0.1) is 0 Å². The average Bonchev–Trinajstić information content (AvgIpc) is 3.20. The molecule has 3 N–H and O–H groups in total. The van der Waals surface area contributed by atoms with Crippen molar-refractivity contribution in [3.05, 3.63) is 60.2 Å². The smallest absolute Gasteiger partial charge is 0.277 e. The van der Waals surface area contributed by atoms with E-state index in [1.807, 2.05) is 30.3 Å². The summed E-state index contributed by atoms with van der Waals surface area (Å²) < 4.78 is 5.55. The van der Waals surface area contributed by atoms with Gasteiger partial charge in [0.05, 0.1) is 12.2 Å². The Labute approximate surface area is 176 Å². The van der Waals surface area contributed by atoms with Crippen LogP contribution < -0.4 is 16.2 Å². The number of hydrogen-bond acceptors (Lipinski definition) is 7. The zero-order valence-corrected chi connectivity index (χ0v) is 16.9. The van der Waals surface area contributed by atoms with Gasteiger partial charge in [0.2, 0.25) is 23.6 Å². The highest BCUT2D eigenvalue weighted by molar-refractivity contribution is 7.99. The Balaban J connectivity index is 1.46. The number of benzene rings is 2. The molecule has 0 atom stereocenters. The molecule has 30 heavy (non-hydrogen) atoms. The van der Waals surface area contributed by atoms with Gasteiger partial charge in [0, 0.05) is 18.2 Å². The molecule has 0 radical (unpaired) electrons. The van der Waals surface area contributed by atoms with E-state index in [0.29, 0.717) is 11.3 Å². The number of hydrogen-bond donors (Lipinski definition) is 3. The summed E-state index contributed by atoms with van der Waals surface area (Å²) in [6.07, 6.45) is 0.166. The third kappa shape index (κ3) is 6.45. The number of anilines is 1. The fourth-order valence-electron chi connectivity index (χ4n) is 2.45. The second-order valence-corrected chi connectivity index (χ2v) is 7.11. The highest BCUT2D eigenvalue weighted by Gasteiger charge is 2.12. The summed E-state index contributed by atoms with van der Waals surface area (Å²) >= 11 is 1.04. The highest BCUT2D eigenvalue weighted by Crippen LogP contribution is 2.25. The van der Waals surface area contributed by atoms with Gasteiger partial charge in [0.1, 0.15) is 0 Å². The van der Waals surface area contributed by atoms with Gasteiger partial charge in [-0.15, -0.1) is 10.2 Å². The molecule has 1 aromatic heterocycles. The lowest BCUT2D eigenvalue weighted by Gasteiger charge is -2.06. The molecule has 10 heteroatoms. The average molecular weight is 425 g/mol. The van der Waals surface area contributed by atoms with Gasteiger partial charge in [-0.05, 0) is 23.8 Å². The summed E-state index contributed by atoms with van der Waals surface area (Å²) in [4.78, 5) is 34.9. The Morgan fingerprint density at radius 3 is 2.50 bits per heavy atom. The van der Waals surface area contributed by atoms with Gasteiger partial charge in [-0.2, -0.15) is 0 Å². The molecule has 3 rings (SSSR count). The van der Waals surface area contributed by atoms with Gasteiger partial charge in [-0.3, -0.25) is 25.2 Å². The molecule has 2 aromatic carbocycles. The zero-order valence-electron chi connectivity index (χ0n) is 16.0. The van der Waals surface area contributed by atoms with Crippen molar-refractivity contribution in [3.8, 4) is 11.5 Å². The Bertz CT molecular complexity index is 1040. The molecule has 154 valence electrons. The predicted molar refractivity (Wildman–Crippen MR) is 111 cm³/mol. The molecule has 3 amide bonds. The highest BCUT2D eigenvalue weighted by atomic mass is 32.2. The van der Waals surface area contributed by atoms with Crippen LogP contribution in [-0.2, 0) is 20.8 Å². The van der Waals surface area contributed by atoms with Crippen LogP contribution in [-0.4, -0.2) is 33.7 Å². The minimum atomic E-state index is -0.409. The number of rotatable bonds is 7. The van der Waals surface area contributed by atoms with E-state index >= 15 is 0 Å². The molecular weight excluding hydrogens is 406 g/mol. The second-order valence-electron chi connectivity index (χ2n) is 6.18. The number of carbonyl (C=O) groups is 3. The fraction of sp³-hybridized carbons (Fsp3) is 0.150. The SMILES string of the molecule is CC(=O)Nc1cccc(-c2nnc(SCC(=O)NNC(=O)Cc3ccccc3)o2)c1. The summed E-state index contributed by atoms with van der Waals surface area (Å²) in [5, 5.41) is 10.7. The monoisotopic (exact) mass is 425 g/mol. The van der Waals surface area contributed by atoms with Crippen molar-refractivity contribution < 1.29 is 18.8 Å². The molecule has 0 spiro atoms. The van der Waals surface area contributed by atoms with Gasteiger partial charge in [0.25, 0.3) is 5.22 Å². The van der Waals surface area contributed by atoms with Crippen molar-refractivity contribution >= 4 is 35.2 Å². The molecule has 3 aromatic rings.